The Balaban J connectivity index is 3.96. The van der Waals surface area contributed by atoms with Crippen LogP contribution < -0.4 is 11.2 Å². The third kappa shape index (κ3) is 7.33. The van der Waals surface area contributed by atoms with Crippen LogP contribution in [0, 0.1) is 5.41 Å². The standard InChI is InChI=1S/C11H24N2O2/c1-10(2,3)8(12)7-9(14)13-15-11(4,5)6/h8H,7,12H2,1-6H3,(H,13,14). The second-order valence-corrected chi connectivity index (χ2v) is 5.92. The highest BCUT2D eigenvalue weighted by molar-refractivity contribution is 5.75. The summed E-state index contributed by atoms with van der Waals surface area (Å²) in [5, 5.41) is 0. The van der Waals surface area contributed by atoms with E-state index in [-0.39, 0.29) is 29.4 Å². The van der Waals surface area contributed by atoms with Crippen molar-refractivity contribution in [2.24, 2.45) is 11.1 Å². The summed E-state index contributed by atoms with van der Waals surface area (Å²) in [6.45, 7) is 11.6. The van der Waals surface area contributed by atoms with Gasteiger partial charge in [-0.25, -0.2) is 5.48 Å². The van der Waals surface area contributed by atoms with Gasteiger partial charge >= 0.3 is 0 Å². The molecule has 0 aromatic rings. The van der Waals surface area contributed by atoms with Gasteiger partial charge < -0.3 is 5.73 Å². The lowest BCUT2D eigenvalue weighted by molar-refractivity contribution is -0.146. The summed E-state index contributed by atoms with van der Waals surface area (Å²) >= 11 is 0. The van der Waals surface area contributed by atoms with Crippen molar-refractivity contribution in [2.45, 2.75) is 59.6 Å². The number of hydrogen-bond acceptors (Lipinski definition) is 3. The van der Waals surface area contributed by atoms with E-state index >= 15 is 0 Å². The number of nitrogens with one attached hydrogen (secondary N) is 1. The second-order valence-electron chi connectivity index (χ2n) is 5.92. The molecule has 0 bridgehead atoms. The van der Waals surface area contributed by atoms with Gasteiger partial charge in [0.1, 0.15) is 0 Å². The van der Waals surface area contributed by atoms with Crippen molar-refractivity contribution in [1.29, 1.82) is 0 Å². The summed E-state index contributed by atoms with van der Waals surface area (Å²) < 4.78 is 0. The van der Waals surface area contributed by atoms with Gasteiger partial charge in [-0.05, 0) is 26.2 Å². The van der Waals surface area contributed by atoms with E-state index in [2.05, 4.69) is 5.48 Å². The first-order valence-electron chi connectivity index (χ1n) is 5.25. The molecule has 0 aliphatic heterocycles. The lowest BCUT2D eigenvalue weighted by atomic mass is 9.85. The van der Waals surface area contributed by atoms with Gasteiger partial charge in [0, 0.05) is 12.5 Å². The van der Waals surface area contributed by atoms with Crippen molar-refractivity contribution in [3.8, 4) is 0 Å². The summed E-state index contributed by atoms with van der Waals surface area (Å²) in [5.41, 5.74) is 7.84. The van der Waals surface area contributed by atoms with Crippen molar-refractivity contribution in [3.63, 3.8) is 0 Å². The van der Waals surface area contributed by atoms with Crippen LogP contribution in [0.1, 0.15) is 48.0 Å². The van der Waals surface area contributed by atoms with Crippen LogP contribution >= 0.6 is 0 Å². The summed E-state index contributed by atoms with van der Waals surface area (Å²) in [6, 6.07) is -0.166. The molecule has 0 fully saturated rings. The first-order valence-corrected chi connectivity index (χ1v) is 5.25. The van der Waals surface area contributed by atoms with Crippen LogP contribution in [0.2, 0.25) is 0 Å². The highest BCUT2D eigenvalue weighted by atomic mass is 16.7. The van der Waals surface area contributed by atoms with E-state index in [9.17, 15) is 4.79 Å². The van der Waals surface area contributed by atoms with Gasteiger partial charge in [0.2, 0.25) is 5.91 Å². The van der Waals surface area contributed by atoms with Gasteiger partial charge in [0.05, 0.1) is 5.60 Å². The molecule has 0 aliphatic carbocycles. The topological polar surface area (TPSA) is 64.3 Å². The zero-order chi connectivity index (χ0) is 12.3. The Morgan fingerprint density at radius 1 is 1.27 bits per heavy atom. The predicted molar refractivity (Wildman–Crippen MR) is 61.0 cm³/mol. The van der Waals surface area contributed by atoms with Crippen molar-refractivity contribution in [3.05, 3.63) is 0 Å². The molecule has 1 atom stereocenters. The monoisotopic (exact) mass is 216 g/mol. The highest BCUT2D eigenvalue weighted by Crippen LogP contribution is 2.19. The van der Waals surface area contributed by atoms with Gasteiger partial charge in [-0.15, -0.1) is 0 Å². The molecule has 4 heteroatoms. The third-order valence-corrected chi connectivity index (χ3v) is 1.99. The zero-order valence-corrected chi connectivity index (χ0v) is 10.7. The van der Waals surface area contributed by atoms with Gasteiger partial charge in [-0.1, -0.05) is 20.8 Å². The number of hydrogen-bond donors (Lipinski definition) is 2. The van der Waals surface area contributed by atoms with Crippen LogP contribution in [-0.4, -0.2) is 17.6 Å². The molecule has 0 saturated heterocycles. The van der Waals surface area contributed by atoms with Gasteiger partial charge in [0.15, 0.2) is 0 Å². The molecule has 15 heavy (non-hydrogen) atoms. The van der Waals surface area contributed by atoms with Crippen LogP contribution in [0.4, 0.5) is 0 Å². The molecule has 0 spiro atoms. The smallest absolute Gasteiger partial charge is 0.245 e. The van der Waals surface area contributed by atoms with Crippen LogP contribution in [-0.2, 0) is 9.63 Å². The van der Waals surface area contributed by atoms with Crippen molar-refractivity contribution >= 4 is 5.91 Å². The Bertz CT molecular complexity index is 214. The predicted octanol–water partition coefficient (Wildman–Crippen LogP) is 1.60. The molecule has 3 N–H and O–H groups in total. The number of carbonyl (C=O) groups excluding carboxylic acids is 1. The second kappa shape index (κ2) is 4.94. The fourth-order valence-corrected chi connectivity index (χ4v) is 0.758. The number of amides is 1. The normalized spacial score (nSPS) is 14.9. The molecular formula is C11H24N2O2. The third-order valence-electron chi connectivity index (χ3n) is 1.99. The van der Waals surface area contributed by atoms with E-state index in [4.69, 9.17) is 10.6 Å². The minimum absolute atomic E-state index is 0.0704. The molecular weight excluding hydrogens is 192 g/mol. The minimum Gasteiger partial charge on any atom is -0.327 e. The molecule has 90 valence electrons. The average molecular weight is 216 g/mol. The van der Waals surface area contributed by atoms with Crippen LogP contribution in [0.3, 0.4) is 0 Å². The van der Waals surface area contributed by atoms with E-state index in [1.165, 1.54) is 0 Å². The molecule has 0 aromatic heterocycles. The Morgan fingerprint density at radius 2 is 1.73 bits per heavy atom. The van der Waals surface area contributed by atoms with E-state index in [1.807, 2.05) is 41.5 Å². The SMILES string of the molecule is CC(C)(C)ONC(=O)CC(N)C(C)(C)C. The van der Waals surface area contributed by atoms with Crippen LogP contribution in [0.15, 0.2) is 0 Å². The van der Waals surface area contributed by atoms with Gasteiger partial charge in [-0.2, -0.15) is 0 Å². The molecule has 0 aromatic carbocycles. The summed E-state index contributed by atoms with van der Waals surface area (Å²) in [6.07, 6.45) is 0.277. The van der Waals surface area contributed by atoms with Gasteiger partial charge in [0.25, 0.3) is 0 Å². The fraction of sp³-hybridized carbons (Fsp3) is 0.909. The maximum Gasteiger partial charge on any atom is 0.245 e. The Hall–Kier alpha value is -0.610. The lowest BCUT2D eigenvalue weighted by Crippen LogP contribution is -2.41. The molecule has 0 radical (unpaired) electrons. The Morgan fingerprint density at radius 3 is 2.07 bits per heavy atom. The number of nitrogens with two attached hydrogens (primary N) is 1. The highest BCUT2D eigenvalue weighted by Gasteiger charge is 2.23. The van der Waals surface area contributed by atoms with Crippen LogP contribution in [0.25, 0.3) is 0 Å². The van der Waals surface area contributed by atoms with E-state index < -0.39 is 0 Å². The fourth-order valence-electron chi connectivity index (χ4n) is 0.758. The first kappa shape index (κ1) is 14.4. The lowest BCUT2D eigenvalue weighted by Gasteiger charge is -2.27. The molecule has 0 heterocycles. The average Bonchev–Trinajstić information content (AvgIpc) is 1.97. The Labute approximate surface area is 92.5 Å². The molecule has 1 amide bonds. The van der Waals surface area contributed by atoms with E-state index in [1.54, 1.807) is 0 Å². The van der Waals surface area contributed by atoms with Crippen molar-refractivity contribution in [1.82, 2.24) is 5.48 Å². The summed E-state index contributed by atoms with van der Waals surface area (Å²) in [7, 11) is 0. The maximum absolute atomic E-state index is 11.4. The number of hydroxylamine groups is 1. The van der Waals surface area contributed by atoms with Crippen molar-refractivity contribution < 1.29 is 9.63 Å². The molecule has 0 aliphatic rings. The molecule has 0 rings (SSSR count). The molecule has 0 saturated carbocycles. The zero-order valence-electron chi connectivity index (χ0n) is 10.7. The Kier molecular flexibility index (Phi) is 4.74. The van der Waals surface area contributed by atoms with Crippen molar-refractivity contribution in [2.75, 3.05) is 0 Å². The largest absolute Gasteiger partial charge is 0.327 e. The maximum atomic E-state index is 11.4. The number of rotatable bonds is 3. The first-order chi connectivity index (χ1) is 6.52. The summed E-state index contributed by atoms with van der Waals surface area (Å²) in [5.74, 6) is -0.174. The van der Waals surface area contributed by atoms with Gasteiger partial charge in [-0.3, -0.25) is 9.63 Å². The van der Waals surface area contributed by atoms with E-state index in [0.29, 0.717) is 0 Å². The molecule has 1 unspecified atom stereocenters. The summed E-state index contributed by atoms with van der Waals surface area (Å²) in [4.78, 5) is 16.6. The van der Waals surface area contributed by atoms with E-state index in [0.717, 1.165) is 0 Å². The molecule has 4 nitrogen and oxygen atoms in total. The number of carbonyl (C=O) groups is 1. The minimum atomic E-state index is -0.374. The quantitative estimate of drug-likeness (QED) is 0.704. The van der Waals surface area contributed by atoms with Crippen LogP contribution in [0.5, 0.6) is 0 Å².